The molecule has 0 bridgehead atoms. The van der Waals surface area contributed by atoms with Gasteiger partial charge in [0.2, 0.25) is 0 Å². The van der Waals surface area contributed by atoms with Crippen molar-refractivity contribution in [2.24, 2.45) is 4.99 Å². The summed E-state index contributed by atoms with van der Waals surface area (Å²) in [4.78, 5) is 32.9. The number of anilines is 1. The topological polar surface area (TPSA) is 85.8 Å². The van der Waals surface area contributed by atoms with Crippen LogP contribution in [0.1, 0.15) is 24.3 Å². The lowest BCUT2D eigenvalue weighted by molar-refractivity contribution is -0.113. The number of thiazole rings is 1. The average molecular weight is 627 g/mol. The van der Waals surface area contributed by atoms with E-state index >= 15 is 0 Å². The molecule has 41 heavy (non-hydrogen) atoms. The lowest BCUT2D eigenvalue weighted by Crippen LogP contribution is -2.40. The highest BCUT2D eigenvalue weighted by molar-refractivity contribution is 9.10. The maximum Gasteiger partial charge on any atom is 0.271 e. The molecule has 6 rings (SSSR count). The summed E-state index contributed by atoms with van der Waals surface area (Å²) in [6.45, 7) is 1.79. The van der Waals surface area contributed by atoms with Crippen LogP contribution in [-0.2, 0) is 4.79 Å². The zero-order chi connectivity index (χ0) is 28.5. The highest BCUT2D eigenvalue weighted by Crippen LogP contribution is 2.32. The van der Waals surface area contributed by atoms with Crippen molar-refractivity contribution in [2.45, 2.75) is 13.0 Å². The van der Waals surface area contributed by atoms with Crippen LogP contribution < -0.4 is 24.9 Å². The fourth-order valence-electron chi connectivity index (χ4n) is 4.79. The Kier molecular flexibility index (Phi) is 7.30. The molecule has 7 nitrogen and oxygen atoms in total. The molecule has 2 aromatic heterocycles. The molecule has 9 heteroatoms. The Bertz CT molecular complexity index is 1970. The number of para-hydroxylation sites is 1. The number of carbonyl (C=O) groups is 1. The van der Waals surface area contributed by atoms with Crippen molar-refractivity contribution < 1.29 is 13.9 Å². The second kappa shape index (κ2) is 11.2. The highest BCUT2D eigenvalue weighted by atomic mass is 79.9. The van der Waals surface area contributed by atoms with Crippen LogP contribution in [0.3, 0.4) is 0 Å². The van der Waals surface area contributed by atoms with Crippen LogP contribution in [0.2, 0.25) is 0 Å². The number of hydrogen-bond acceptors (Lipinski definition) is 6. The number of nitrogens with one attached hydrogen (secondary N) is 1. The van der Waals surface area contributed by atoms with Crippen LogP contribution in [0.25, 0.3) is 17.4 Å². The summed E-state index contributed by atoms with van der Waals surface area (Å²) in [6.07, 6.45) is 1.72. The predicted octanol–water partition coefficient (Wildman–Crippen LogP) is 5.91. The molecule has 5 aromatic rings. The van der Waals surface area contributed by atoms with Gasteiger partial charge in [0.05, 0.1) is 29.0 Å². The van der Waals surface area contributed by atoms with Gasteiger partial charge in [0, 0.05) is 21.8 Å². The number of carbonyl (C=O) groups excluding carboxylic acids is 1. The molecule has 3 aromatic carbocycles. The molecule has 1 amide bonds. The van der Waals surface area contributed by atoms with E-state index in [1.807, 2.05) is 91.0 Å². The first-order valence-electron chi connectivity index (χ1n) is 12.8. The molecular formula is C32H24BrN3O4S. The van der Waals surface area contributed by atoms with E-state index in [0.717, 1.165) is 15.6 Å². The monoisotopic (exact) mass is 625 g/mol. The molecule has 0 fully saturated rings. The third kappa shape index (κ3) is 5.33. The summed E-state index contributed by atoms with van der Waals surface area (Å²) in [7, 11) is 1.58. The number of rotatable bonds is 6. The number of allylic oxidation sites excluding steroid dienone is 1. The van der Waals surface area contributed by atoms with E-state index in [1.165, 1.54) is 11.3 Å². The molecule has 204 valence electrons. The minimum atomic E-state index is -0.706. The number of fused-ring (bicyclic) bond motifs is 1. The Morgan fingerprint density at radius 1 is 1.05 bits per heavy atom. The second-order valence-corrected chi connectivity index (χ2v) is 11.3. The van der Waals surface area contributed by atoms with Gasteiger partial charge in [-0.05, 0) is 61.0 Å². The van der Waals surface area contributed by atoms with Gasteiger partial charge in [-0.2, -0.15) is 0 Å². The SMILES string of the molecule is COc1cccc(C2C(C(=O)Nc3ccccc3)=C(C)N=c3s/c(=C\c4ccc(-c5ccc(Br)cc5)o4)c(=O)n32)c1. The second-order valence-electron chi connectivity index (χ2n) is 9.39. The third-order valence-electron chi connectivity index (χ3n) is 6.74. The molecule has 1 unspecified atom stereocenters. The zero-order valence-corrected chi connectivity index (χ0v) is 24.5. The van der Waals surface area contributed by atoms with Gasteiger partial charge in [-0.25, -0.2) is 4.99 Å². The van der Waals surface area contributed by atoms with Crippen molar-refractivity contribution in [3.63, 3.8) is 0 Å². The summed E-state index contributed by atoms with van der Waals surface area (Å²) in [5.41, 5.74) is 2.97. The predicted molar refractivity (Wildman–Crippen MR) is 164 cm³/mol. The van der Waals surface area contributed by atoms with Crippen LogP contribution in [-0.4, -0.2) is 17.6 Å². The van der Waals surface area contributed by atoms with Gasteiger partial charge in [0.1, 0.15) is 17.3 Å². The van der Waals surface area contributed by atoms with Gasteiger partial charge < -0.3 is 14.5 Å². The fraction of sp³-hybridized carbons (Fsp3) is 0.0938. The van der Waals surface area contributed by atoms with Crippen molar-refractivity contribution in [3.05, 3.63) is 138 Å². The number of halogens is 1. The highest BCUT2D eigenvalue weighted by Gasteiger charge is 2.32. The first kappa shape index (κ1) is 26.7. The largest absolute Gasteiger partial charge is 0.497 e. The number of aromatic nitrogens is 1. The minimum Gasteiger partial charge on any atom is -0.497 e. The molecule has 1 aliphatic heterocycles. The first-order valence-corrected chi connectivity index (χ1v) is 14.4. The number of nitrogens with zero attached hydrogens (tertiary/aromatic N) is 2. The smallest absolute Gasteiger partial charge is 0.271 e. The van der Waals surface area contributed by atoms with E-state index in [4.69, 9.17) is 14.1 Å². The zero-order valence-electron chi connectivity index (χ0n) is 22.1. The summed E-state index contributed by atoms with van der Waals surface area (Å²) < 4.78 is 14.5. The molecule has 0 spiro atoms. The van der Waals surface area contributed by atoms with Crippen molar-refractivity contribution in [1.82, 2.24) is 4.57 Å². The molecule has 1 aliphatic rings. The maximum absolute atomic E-state index is 14.0. The summed E-state index contributed by atoms with van der Waals surface area (Å²) in [5, 5.41) is 2.96. The molecular weight excluding hydrogens is 602 g/mol. The van der Waals surface area contributed by atoms with Gasteiger partial charge in [-0.3, -0.25) is 14.2 Å². The molecule has 1 atom stereocenters. The summed E-state index contributed by atoms with van der Waals surface area (Å²) in [6, 6.07) is 27.4. The van der Waals surface area contributed by atoms with Crippen LogP contribution in [0.5, 0.6) is 5.75 Å². The average Bonchev–Trinajstić information content (AvgIpc) is 3.57. The lowest BCUT2D eigenvalue weighted by Gasteiger charge is -2.25. The molecule has 0 saturated carbocycles. The fourth-order valence-corrected chi connectivity index (χ4v) is 6.08. The lowest BCUT2D eigenvalue weighted by atomic mass is 9.95. The van der Waals surface area contributed by atoms with E-state index < -0.39 is 6.04 Å². The van der Waals surface area contributed by atoms with Gasteiger partial charge in [0.15, 0.2) is 4.80 Å². The van der Waals surface area contributed by atoms with Crippen LogP contribution in [0.15, 0.2) is 121 Å². The molecule has 1 N–H and O–H groups in total. The van der Waals surface area contributed by atoms with Gasteiger partial charge >= 0.3 is 0 Å². The van der Waals surface area contributed by atoms with E-state index in [1.54, 1.807) is 24.7 Å². The normalized spacial score (nSPS) is 14.9. The molecule has 0 saturated heterocycles. The van der Waals surface area contributed by atoms with Gasteiger partial charge in [-0.1, -0.05) is 69.7 Å². The Morgan fingerprint density at radius 3 is 2.59 bits per heavy atom. The summed E-state index contributed by atoms with van der Waals surface area (Å²) in [5.74, 6) is 1.54. The molecule has 0 radical (unpaired) electrons. The van der Waals surface area contributed by atoms with E-state index in [0.29, 0.717) is 43.6 Å². The van der Waals surface area contributed by atoms with Crippen LogP contribution in [0, 0.1) is 0 Å². The first-order chi connectivity index (χ1) is 19.9. The molecule has 3 heterocycles. The van der Waals surface area contributed by atoms with E-state index in [9.17, 15) is 9.59 Å². The summed E-state index contributed by atoms with van der Waals surface area (Å²) >= 11 is 4.71. The Morgan fingerprint density at radius 2 is 1.83 bits per heavy atom. The number of furan rings is 1. The number of amides is 1. The molecule has 0 aliphatic carbocycles. The quantitative estimate of drug-likeness (QED) is 0.254. The number of hydrogen-bond donors (Lipinski definition) is 1. The number of methoxy groups -OCH3 is 1. The Balaban J connectivity index is 1.46. The van der Waals surface area contributed by atoms with Crippen molar-refractivity contribution in [1.29, 1.82) is 0 Å². The third-order valence-corrected chi connectivity index (χ3v) is 8.25. The minimum absolute atomic E-state index is 0.263. The van der Waals surface area contributed by atoms with Crippen molar-refractivity contribution in [2.75, 3.05) is 12.4 Å². The van der Waals surface area contributed by atoms with Crippen molar-refractivity contribution in [3.8, 4) is 17.1 Å². The Labute approximate surface area is 247 Å². The number of benzene rings is 3. The van der Waals surface area contributed by atoms with Crippen LogP contribution in [0.4, 0.5) is 5.69 Å². The van der Waals surface area contributed by atoms with Crippen LogP contribution >= 0.6 is 27.3 Å². The van der Waals surface area contributed by atoms with Gasteiger partial charge in [-0.15, -0.1) is 0 Å². The van der Waals surface area contributed by atoms with Crippen molar-refractivity contribution >= 4 is 44.9 Å². The standard InChI is InChI=1S/C32H24BrN3O4S/c1-19-28(30(37)35-23-8-4-3-5-9-23)29(21-7-6-10-24(17-21)39-2)36-31(38)27(41-32(36)34-19)18-25-15-16-26(40-25)20-11-13-22(33)14-12-20/h3-18,29H,1-2H3,(H,35,37)/b27-18-. The van der Waals surface area contributed by atoms with E-state index in [2.05, 4.69) is 21.2 Å². The maximum atomic E-state index is 14.0. The van der Waals surface area contributed by atoms with Gasteiger partial charge in [0.25, 0.3) is 11.5 Å². The number of ether oxygens (including phenoxy) is 1. The Hall–Kier alpha value is -4.47. The van der Waals surface area contributed by atoms with E-state index in [-0.39, 0.29) is 11.5 Å².